The first-order valence-corrected chi connectivity index (χ1v) is 10.2. The van der Waals surface area contributed by atoms with Gasteiger partial charge < -0.3 is 24.8 Å². The number of rotatable bonds is 7. The summed E-state index contributed by atoms with van der Waals surface area (Å²) in [6.07, 6.45) is 1.08. The maximum absolute atomic E-state index is 12.7. The number of nitrogens with one attached hydrogen (secondary N) is 1. The summed E-state index contributed by atoms with van der Waals surface area (Å²) in [6, 6.07) is 14.3. The van der Waals surface area contributed by atoms with Crippen molar-refractivity contribution in [2.24, 2.45) is 0 Å². The zero-order valence-electron chi connectivity index (χ0n) is 15.4. The summed E-state index contributed by atoms with van der Waals surface area (Å²) in [5.41, 5.74) is 0.695. The number of phenols is 1. The maximum atomic E-state index is 12.7. The van der Waals surface area contributed by atoms with Crippen molar-refractivity contribution >= 4 is 11.4 Å². The van der Waals surface area contributed by atoms with Gasteiger partial charge in [-0.3, -0.25) is 0 Å². The van der Waals surface area contributed by atoms with Gasteiger partial charge in [0.1, 0.15) is 11.5 Å². The largest absolute Gasteiger partial charge is 0.593 e. The molecule has 0 spiro atoms. The highest BCUT2D eigenvalue weighted by molar-refractivity contribution is 7.89. The van der Waals surface area contributed by atoms with Crippen molar-refractivity contribution in [1.82, 2.24) is 9.62 Å². The van der Waals surface area contributed by atoms with Crippen LogP contribution in [0.3, 0.4) is 0 Å². The molecule has 146 valence electrons. The number of aliphatic hydroxyl groups is 1. The van der Waals surface area contributed by atoms with Gasteiger partial charge in [0.15, 0.2) is 4.90 Å². The molecule has 2 aromatic rings. The van der Waals surface area contributed by atoms with Crippen LogP contribution >= 0.6 is 0 Å². The monoisotopic (exact) mass is 390 g/mol. The molecule has 1 heterocycles. The van der Waals surface area contributed by atoms with E-state index < -0.39 is 17.5 Å². The number of hydrogen-bond donors (Lipinski definition) is 3. The number of aromatic hydroxyl groups is 1. The molecule has 27 heavy (non-hydrogen) atoms. The highest BCUT2D eigenvalue weighted by atomic mass is 32.2. The van der Waals surface area contributed by atoms with Crippen LogP contribution in [-0.2, 0) is 11.4 Å². The molecule has 2 aromatic carbocycles. The van der Waals surface area contributed by atoms with E-state index in [4.69, 9.17) is 4.74 Å². The number of methoxy groups -OCH3 is 1. The van der Waals surface area contributed by atoms with Crippen molar-refractivity contribution in [3.05, 3.63) is 54.1 Å². The molecule has 0 saturated carbocycles. The normalized spacial score (nSPS) is 18.2. The lowest BCUT2D eigenvalue weighted by Gasteiger charge is -2.32. The first-order chi connectivity index (χ1) is 13.1. The fourth-order valence-electron chi connectivity index (χ4n) is 3.20. The van der Waals surface area contributed by atoms with E-state index in [1.54, 1.807) is 31.4 Å². The zero-order valence-corrected chi connectivity index (χ0v) is 16.2. The smallest absolute Gasteiger partial charge is 0.174 e. The van der Waals surface area contributed by atoms with Gasteiger partial charge in [-0.05, 0) is 54.8 Å². The molecule has 0 radical (unpaired) electrons. The van der Waals surface area contributed by atoms with Crippen LogP contribution in [0.15, 0.2) is 53.4 Å². The molecule has 3 rings (SSSR count). The first-order valence-electron chi connectivity index (χ1n) is 9.08. The SMILES string of the molecule is COc1ccc([S+]([O-])N2CCC(NCC(O)c3cccc(O)c3)CC2)cc1. The number of ether oxygens (including phenoxy) is 1. The van der Waals surface area contributed by atoms with Gasteiger partial charge in [-0.1, -0.05) is 12.1 Å². The van der Waals surface area contributed by atoms with Crippen LogP contribution in [0.4, 0.5) is 0 Å². The van der Waals surface area contributed by atoms with E-state index in [-0.39, 0.29) is 11.8 Å². The second kappa shape index (κ2) is 9.43. The van der Waals surface area contributed by atoms with Crippen LogP contribution in [0.25, 0.3) is 0 Å². The van der Waals surface area contributed by atoms with Crippen molar-refractivity contribution in [2.45, 2.75) is 29.9 Å². The Balaban J connectivity index is 1.45. The average Bonchev–Trinajstić information content (AvgIpc) is 2.72. The van der Waals surface area contributed by atoms with E-state index >= 15 is 0 Å². The Labute approximate surface area is 163 Å². The van der Waals surface area contributed by atoms with E-state index in [1.807, 2.05) is 28.6 Å². The topological polar surface area (TPSA) is 88.0 Å². The third-order valence-corrected chi connectivity index (χ3v) is 6.31. The van der Waals surface area contributed by atoms with E-state index in [9.17, 15) is 14.8 Å². The van der Waals surface area contributed by atoms with E-state index in [1.165, 1.54) is 0 Å². The van der Waals surface area contributed by atoms with Gasteiger partial charge in [0.05, 0.1) is 24.6 Å². The van der Waals surface area contributed by atoms with Crippen LogP contribution in [0.1, 0.15) is 24.5 Å². The van der Waals surface area contributed by atoms with Crippen molar-refractivity contribution in [3.63, 3.8) is 0 Å². The lowest BCUT2D eigenvalue weighted by molar-refractivity contribution is 0.162. The highest BCUT2D eigenvalue weighted by Gasteiger charge is 2.28. The minimum absolute atomic E-state index is 0.154. The van der Waals surface area contributed by atoms with E-state index in [0.717, 1.165) is 36.6 Å². The van der Waals surface area contributed by atoms with Gasteiger partial charge in [-0.25, -0.2) is 0 Å². The van der Waals surface area contributed by atoms with Crippen LogP contribution in [-0.4, -0.2) is 51.9 Å². The molecular formula is C20H26N2O4S. The minimum atomic E-state index is -1.17. The second-order valence-electron chi connectivity index (χ2n) is 6.65. The summed E-state index contributed by atoms with van der Waals surface area (Å²) < 4.78 is 19.8. The van der Waals surface area contributed by atoms with Crippen LogP contribution in [0.5, 0.6) is 11.5 Å². The number of phenolic OH excluding ortho intramolecular Hbond substituents is 1. The summed E-state index contributed by atoms with van der Waals surface area (Å²) in [6.45, 7) is 1.90. The lowest BCUT2D eigenvalue weighted by atomic mass is 10.1. The molecule has 3 N–H and O–H groups in total. The van der Waals surface area contributed by atoms with Crippen LogP contribution in [0, 0.1) is 0 Å². The number of benzene rings is 2. The Morgan fingerprint density at radius 2 is 1.93 bits per heavy atom. The van der Waals surface area contributed by atoms with Gasteiger partial charge in [0.25, 0.3) is 0 Å². The molecule has 2 atom stereocenters. The molecule has 0 amide bonds. The van der Waals surface area contributed by atoms with Crippen LogP contribution in [0.2, 0.25) is 0 Å². The molecular weight excluding hydrogens is 364 g/mol. The van der Waals surface area contributed by atoms with E-state index in [0.29, 0.717) is 12.1 Å². The number of nitrogens with zero attached hydrogens (tertiary/aromatic N) is 1. The molecule has 1 fully saturated rings. The molecule has 7 heteroatoms. The lowest BCUT2D eigenvalue weighted by Crippen LogP contribution is -2.45. The Hall–Kier alpha value is -1.77. The Bertz CT molecular complexity index is 720. The number of aliphatic hydroxyl groups excluding tert-OH is 1. The molecule has 6 nitrogen and oxygen atoms in total. The van der Waals surface area contributed by atoms with Gasteiger partial charge in [0, 0.05) is 25.7 Å². The van der Waals surface area contributed by atoms with Gasteiger partial charge in [0.2, 0.25) is 0 Å². The number of hydrogen-bond acceptors (Lipinski definition) is 6. The standard InChI is InChI=1S/C20H26N2O4S/c1-26-18-5-7-19(8-6-18)27(25)22-11-9-16(10-12-22)21-14-20(24)15-3-2-4-17(23)13-15/h2-8,13,16,20-21,23-24H,9-12,14H2,1H3. The zero-order chi connectivity index (χ0) is 19.2. The summed E-state index contributed by atoms with van der Waals surface area (Å²) in [5, 5.41) is 23.2. The van der Waals surface area contributed by atoms with E-state index in [2.05, 4.69) is 5.32 Å². The predicted octanol–water partition coefficient (Wildman–Crippen LogP) is 2.21. The fourth-order valence-corrected chi connectivity index (χ4v) is 4.40. The molecule has 2 unspecified atom stereocenters. The minimum Gasteiger partial charge on any atom is -0.593 e. The van der Waals surface area contributed by atoms with Gasteiger partial charge in [-0.2, -0.15) is 0 Å². The molecule has 1 aliphatic heterocycles. The van der Waals surface area contributed by atoms with Crippen LogP contribution < -0.4 is 10.1 Å². The molecule has 1 aliphatic rings. The molecule has 0 aliphatic carbocycles. The van der Waals surface area contributed by atoms with Gasteiger partial charge in [-0.15, -0.1) is 4.31 Å². The molecule has 0 bridgehead atoms. The van der Waals surface area contributed by atoms with Crippen molar-refractivity contribution in [2.75, 3.05) is 26.7 Å². The summed E-state index contributed by atoms with van der Waals surface area (Å²) in [5.74, 6) is 0.907. The second-order valence-corrected chi connectivity index (χ2v) is 8.13. The third-order valence-electron chi connectivity index (χ3n) is 4.80. The van der Waals surface area contributed by atoms with Gasteiger partial charge >= 0.3 is 0 Å². The number of piperidine rings is 1. The molecule has 1 saturated heterocycles. The summed E-state index contributed by atoms with van der Waals surface area (Å²) in [4.78, 5) is 0.779. The summed E-state index contributed by atoms with van der Waals surface area (Å²) in [7, 11) is 1.61. The average molecular weight is 391 g/mol. The third kappa shape index (κ3) is 5.37. The summed E-state index contributed by atoms with van der Waals surface area (Å²) >= 11 is -1.17. The maximum Gasteiger partial charge on any atom is 0.174 e. The Kier molecular flexibility index (Phi) is 6.98. The fraction of sp³-hybridized carbons (Fsp3) is 0.400. The van der Waals surface area contributed by atoms with Crippen molar-refractivity contribution in [1.29, 1.82) is 0 Å². The predicted molar refractivity (Wildman–Crippen MR) is 105 cm³/mol. The Morgan fingerprint density at radius 1 is 1.22 bits per heavy atom. The Morgan fingerprint density at radius 3 is 2.56 bits per heavy atom. The highest BCUT2D eigenvalue weighted by Crippen LogP contribution is 2.23. The first kappa shape index (κ1) is 20.0. The van der Waals surface area contributed by atoms with Crippen molar-refractivity contribution < 1.29 is 19.5 Å². The van der Waals surface area contributed by atoms with Crippen molar-refractivity contribution in [3.8, 4) is 11.5 Å². The quantitative estimate of drug-likeness (QED) is 0.629. The molecule has 0 aromatic heterocycles.